The third-order valence-corrected chi connectivity index (χ3v) is 6.87. The fourth-order valence-corrected chi connectivity index (χ4v) is 4.83. The molecule has 9 heteroatoms. The number of carbonyl (C=O) groups is 2. The van der Waals surface area contributed by atoms with Gasteiger partial charge in [0, 0.05) is 44.3 Å². The van der Waals surface area contributed by atoms with E-state index in [9.17, 15) is 18.0 Å². The lowest BCUT2D eigenvalue weighted by molar-refractivity contribution is -0.142. The van der Waals surface area contributed by atoms with Gasteiger partial charge in [-0.3, -0.25) is 4.79 Å². The quantitative estimate of drug-likeness (QED) is 0.522. The highest BCUT2D eigenvalue weighted by Gasteiger charge is 2.25. The summed E-state index contributed by atoms with van der Waals surface area (Å²) in [5.41, 5.74) is 1.27. The minimum Gasteiger partial charge on any atom is -0.452 e. The van der Waals surface area contributed by atoms with Crippen LogP contribution in [0.2, 0.25) is 0 Å². The van der Waals surface area contributed by atoms with Crippen molar-refractivity contribution in [1.82, 2.24) is 8.87 Å². The molecule has 1 aliphatic rings. The molecule has 2 aromatic rings. The van der Waals surface area contributed by atoms with Crippen molar-refractivity contribution in [3.05, 3.63) is 54.4 Å². The predicted octanol–water partition coefficient (Wildman–Crippen LogP) is 2.78. The molecule has 1 amide bonds. The van der Waals surface area contributed by atoms with Gasteiger partial charge in [-0.05, 0) is 54.8 Å². The van der Waals surface area contributed by atoms with Crippen LogP contribution in [-0.4, -0.2) is 48.9 Å². The fourth-order valence-electron chi connectivity index (χ4n) is 3.31. The van der Waals surface area contributed by atoms with Crippen LogP contribution in [0.15, 0.2) is 53.7 Å². The Morgan fingerprint density at radius 2 is 1.74 bits per heavy atom. The molecule has 2 heterocycles. The molecule has 0 unspecified atom stereocenters. The number of sulfonamides is 1. The van der Waals surface area contributed by atoms with E-state index >= 15 is 0 Å². The van der Waals surface area contributed by atoms with E-state index in [1.54, 1.807) is 6.08 Å². The summed E-state index contributed by atoms with van der Waals surface area (Å²) in [6.45, 7) is 0.627. The lowest BCUT2D eigenvalue weighted by atomic mass is 10.2. The largest absolute Gasteiger partial charge is 0.452 e. The third kappa shape index (κ3) is 6.53. The summed E-state index contributed by atoms with van der Waals surface area (Å²) in [5, 5.41) is 2.59. The van der Waals surface area contributed by atoms with Crippen molar-refractivity contribution in [2.75, 3.05) is 25.0 Å². The van der Waals surface area contributed by atoms with Crippen molar-refractivity contribution in [2.45, 2.75) is 30.6 Å². The number of aryl methyl sites for hydroxylation is 1. The molecule has 0 aliphatic carbocycles. The zero-order valence-corrected chi connectivity index (χ0v) is 18.3. The van der Waals surface area contributed by atoms with Crippen LogP contribution < -0.4 is 5.32 Å². The number of anilines is 1. The van der Waals surface area contributed by atoms with Crippen LogP contribution in [0.3, 0.4) is 0 Å². The minimum absolute atomic E-state index is 0.199. The molecular formula is C22H27N3O5S. The summed E-state index contributed by atoms with van der Waals surface area (Å²) in [4.78, 5) is 24.0. The maximum Gasteiger partial charge on any atom is 0.331 e. The van der Waals surface area contributed by atoms with Crippen molar-refractivity contribution >= 4 is 33.7 Å². The Bertz CT molecular complexity index is 1030. The normalized spacial score (nSPS) is 15.5. The van der Waals surface area contributed by atoms with E-state index in [1.807, 2.05) is 30.1 Å². The summed E-state index contributed by atoms with van der Waals surface area (Å²) in [6.07, 6.45) is 10.4. The summed E-state index contributed by atoms with van der Waals surface area (Å²) in [5.74, 6) is -1.14. The van der Waals surface area contributed by atoms with Crippen LogP contribution in [0.1, 0.15) is 31.2 Å². The average Bonchev–Trinajstić information content (AvgIpc) is 2.98. The average molecular weight is 446 g/mol. The lowest BCUT2D eigenvalue weighted by Gasteiger charge is -2.20. The molecule has 31 heavy (non-hydrogen) atoms. The predicted molar refractivity (Wildman–Crippen MR) is 118 cm³/mol. The number of ether oxygens (including phenoxy) is 1. The highest BCUT2D eigenvalue weighted by molar-refractivity contribution is 7.89. The van der Waals surface area contributed by atoms with Crippen molar-refractivity contribution in [2.24, 2.45) is 7.05 Å². The molecule has 1 aromatic carbocycles. The first-order valence-corrected chi connectivity index (χ1v) is 11.7. The maximum absolute atomic E-state index is 12.8. The van der Waals surface area contributed by atoms with Crippen molar-refractivity contribution in [1.29, 1.82) is 0 Å². The number of nitrogens with zero attached hydrogens (tertiary/aromatic N) is 2. The highest BCUT2D eigenvalue weighted by atomic mass is 32.2. The minimum atomic E-state index is -3.54. The van der Waals surface area contributed by atoms with Gasteiger partial charge in [-0.1, -0.05) is 12.8 Å². The fraction of sp³-hybridized carbons (Fsp3) is 0.364. The maximum atomic E-state index is 12.8. The smallest absolute Gasteiger partial charge is 0.331 e. The van der Waals surface area contributed by atoms with E-state index in [4.69, 9.17) is 4.74 Å². The second-order valence-corrected chi connectivity index (χ2v) is 9.38. The SMILES string of the molecule is Cn1ccc(/C=C/C(=O)OCC(=O)Nc2ccc(S(=O)(=O)N3CCCCCC3)cc2)c1. The molecule has 0 spiro atoms. The van der Waals surface area contributed by atoms with E-state index < -0.39 is 28.5 Å². The van der Waals surface area contributed by atoms with Gasteiger partial charge >= 0.3 is 5.97 Å². The first kappa shape index (κ1) is 22.8. The van der Waals surface area contributed by atoms with Gasteiger partial charge in [0.25, 0.3) is 5.91 Å². The summed E-state index contributed by atoms with van der Waals surface area (Å²) >= 11 is 0. The zero-order valence-electron chi connectivity index (χ0n) is 17.5. The van der Waals surface area contributed by atoms with Gasteiger partial charge in [0.1, 0.15) is 0 Å². The van der Waals surface area contributed by atoms with Crippen LogP contribution in [-0.2, 0) is 31.4 Å². The van der Waals surface area contributed by atoms with E-state index in [0.29, 0.717) is 18.8 Å². The second kappa shape index (κ2) is 10.4. The number of esters is 1. The van der Waals surface area contributed by atoms with Gasteiger partial charge < -0.3 is 14.6 Å². The van der Waals surface area contributed by atoms with Crippen molar-refractivity contribution < 1.29 is 22.7 Å². The number of hydrogen-bond donors (Lipinski definition) is 1. The molecule has 1 aliphatic heterocycles. The Hall–Kier alpha value is -2.91. The number of nitrogens with one attached hydrogen (secondary N) is 1. The topological polar surface area (TPSA) is 97.7 Å². The Morgan fingerprint density at radius 3 is 2.35 bits per heavy atom. The third-order valence-electron chi connectivity index (χ3n) is 4.95. The summed E-state index contributed by atoms with van der Waals surface area (Å²) in [7, 11) is -1.67. The molecular weight excluding hydrogens is 418 g/mol. The van der Waals surface area contributed by atoms with Gasteiger partial charge in [-0.2, -0.15) is 4.31 Å². The summed E-state index contributed by atoms with van der Waals surface area (Å²) < 4.78 is 33.9. The molecule has 0 bridgehead atoms. The number of benzene rings is 1. The van der Waals surface area contributed by atoms with Crippen LogP contribution in [0.5, 0.6) is 0 Å². The molecule has 0 saturated carbocycles. The van der Waals surface area contributed by atoms with E-state index in [2.05, 4.69) is 5.32 Å². The number of hydrogen-bond acceptors (Lipinski definition) is 5. The molecule has 1 saturated heterocycles. The Labute approximate surface area is 182 Å². The molecule has 1 fully saturated rings. The van der Waals surface area contributed by atoms with Gasteiger partial charge in [0.2, 0.25) is 10.0 Å². The Balaban J connectivity index is 1.50. The number of carbonyl (C=O) groups excluding carboxylic acids is 2. The van der Waals surface area contributed by atoms with E-state index in [0.717, 1.165) is 31.2 Å². The lowest BCUT2D eigenvalue weighted by Crippen LogP contribution is -2.31. The molecule has 0 atom stereocenters. The molecule has 1 aromatic heterocycles. The standard InChI is InChI=1S/C22H27N3O5S/c1-24-15-12-18(16-24)6-11-22(27)30-17-21(26)23-19-7-9-20(10-8-19)31(28,29)25-13-4-2-3-5-14-25/h6-12,15-16H,2-5,13-14,17H2,1H3,(H,23,26)/b11-6+. The van der Waals surface area contributed by atoms with Crippen LogP contribution in [0, 0.1) is 0 Å². The highest BCUT2D eigenvalue weighted by Crippen LogP contribution is 2.21. The van der Waals surface area contributed by atoms with Gasteiger partial charge in [0.15, 0.2) is 6.61 Å². The molecule has 166 valence electrons. The molecule has 1 N–H and O–H groups in total. The second-order valence-electron chi connectivity index (χ2n) is 7.44. The monoisotopic (exact) mass is 445 g/mol. The van der Waals surface area contributed by atoms with Gasteiger partial charge in [0.05, 0.1) is 4.90 Å². The van der Waals surface area contributed by atoms with E-state index in [1.165, 1.54) is 34.6 Å². The van der Waals surface area contributed by atoms with Crippen molar-refractivity contribution in [3.63, 3.8) is 0 Å². The zero-order chi connectivity index (χ0) is 22.3. The Morgan fingerprint density at radius 1 is 1.06 bits per heavy atom. The van der Waals surface area contributed by atoms with Crippen LogP contribution in [0.4, 0.5) is 5.69 Å². The van der Waals surface area contributed by atoms with Gasteiger partial charge in [-0.25, -0.2) is 13.2 Å². The first-order valence-electron chi connectivity index (χ1n) is 10.2. The number of amides is 1. The first-order chi connectivity index (χ1) is 14.8. The number of rotatable bonds is 7. The molecule has 3 rings (SSSR count). The van der Waals surface area contributed by atoms with Gasteiger partial charge in [-0.15, -0.1) is 0 Å². The molecule has 0 radical (unpaired) electrons. The van der Waals surface area contributed by atoms with E-state index in [-0.39, 0.29) is 4.90 Å². The number of aromatic nitrogens is 1. The summed E-state index contributed by atoms with van der Waals surface area (Å²) in [6, 6.07) is 7.85. The Kier molecular flexibility index (Phi) is 7.64. The molecule has 8 nitrogen and oxygen atoms in total. The van der Waals surface area contributed by atoms with Crippen molar-refractivity contribution in [3.8, 4) is 0 Å². The van der Waals surface area contributed by atoms with Crippen LogP contribution >= 0.6 is 0 Å². The van der Waals surface area contributed by atoms with Crippen LogP contribution in [0.25, 0.3) is 6.08 Å².